The number of hydrogen-bond acceptors (Lipinski definition) is 4. The zero-order chi connectivity index (χ0) is 13.6. The number of carboxylic acid groups (broad SMARTS) is 1. The molecular formula is C10H18N2O4S. The fourth-order valence-corrected chi connectivity index (χ4v) is 2.16. The molecular weight excluding hydrogens is 244 g/mol. The lowest BCUT2D eigenvalue weighted by Gasteiger charge is -2.18. The molecule has 2 atom stereocenters. The molecule has 0 aliphatic rings. The molecule has 0 aromatic heterocycles. The van der Waals surface area contributed by atoms with Gasteiger partial charge in [-0.05, 0) is 6.92 Å². The molecule has 0 fully saturated rings. The number of nitrogens with one attached hydrogen (secondary N) is 1. The summed E-state index contributed by atoms with van der Waals surface area (Å²) in [6.07, 6.45) is 0. The maximum atomic E-state index is 11.5. The lowest BCUT2D eigenvalue weighted by atomic mass is 10.3. The first-order valence-electron chi connectivity index (χ1n) is 5.08. The number of rotatable bonds is 6. The summed E-state index contributed by atoms with van der Waals surface area (Å²) < 4.78 is 0. The second-order valence-corrected chi connectivity index (χ2v) is 5.17. The molecule has 0 aliphatic heterocycles. The van der Waals surface area contributed by atoms with E-state index in [0.717, 1.165) is 0 Å². The van der Waals surface area contributed by atoms with Gasteiger partial charge in [-0.15, -0.1) is 11.8 Å². The maximum absolute atomic E-state index is 11.5. The van der Waals surface area contributed by atoms with Crippen LogP contribution in [0.5, 0.6) is 0 Å². The van der Waals surface area contributed by atoms with Crippen molar-refractivity contribution in [3.8, 4) is 0 Å². The first kappa shape index (κ1) is 15.8. The Hall–Kier alpha value is -1.24. The smallest absolute Gasteiger partial charge is 0.327 e. The number of nitrogens with zero attached hydrogens (tertiary/aromatic N) is 1. The Morgan fingerprint density at radius 1 is 1.35 bits per heavy atom. The van der Waals surface area contributed by atoms with E-state index in [2.05, 4.69) is 5.32 Å². The molecule has 1 unspecified atom stereocenters. The minimum absolute atomic E-state index is 0.0815. The number of carbonyl (C=O) groups is 3. The summed E-state index contributed by atoms with van der Waals surface area (Å²) in [5.74, 6) is -1.42. The van der Waals surface area contributed by atoms with Gasteiger partial charge in [-0.25, -0.2) is 4.79 Å². The van der Waals surface area contributed by atoms with E-state index in [4.69, 9.17) is 5.11 Å². The minimum Gasteiger partial charge on any atom is -0.480 e. The molecule has 7 heteroatoms. The van der Waals surface area contributed by atoms with Crippen molar-refractivity contribution < 1.29 is 19.5 Å². The van der Waals surface area contributed by atoms with Crippen LogP contribution in [0.3, 0.4) is 0 Å². The Bertz CT molecular complexity index is 307. The van der Waals surface area contributed by atoms with Gasteiger partial charge in [0.05, 0.1) is 5.25 Å². The number of hydrogen-bond donors (Lipinski definition) is 2. The number of aliphatic carboxylic acids is 1. The summed E-state index contributed by atoms with van der Waals surface area (Å²) in [5, 5.41) is 10.8. The first-order valence-corrected chi connectivity index (χ1v) is 6.13. The van der Waals surface area contributed by atoms with E-state index in [9.17, 15) is 14.4 Å². The molecule has 0 rings (SSSR count). The fourth-order valence-electron chi connectivity index (χ4n) is 1.10. The molecule has 6 nitrogen and oxygen atoms in total. The normalized spacial score (nSPS) is 13.6. The van der Waals surface area contributed by atoms with Crippen LogP contribution in [0.25, 0.3) is 0 Å². The largest absolute Gasteiger partial charge is 0.480 e. The van der Waals surface area contributed by atoms with Gasteiger partial charge in [-0.1, -0.05) is 0 Å². The van der Waals surface area contributed by atoms with Gasteiger partial charge < -0.3 is 15.3 Å². The van der Waals surface area contributed by atoms with Crippen LogP contribution in [0.2, 0.25) is 0 Å². The van der Waals surface area contributed by atoms with Gasteiger partial charge in [0.15, 0.2) is 0 Å². The van der Waals surface area contributed by atoms with E-state index in [1.807, 2.05) is 0 Å². The number of carbonyl (C=O) groups excluding carboxylic acids is 2. The van der Waals surface area contributed by atoms with E-state index in [-0.39, 0.29) is 16.9 Å². The predicted molar refractivity (Wildman–Crippen MR) is 65.9 cm³/mol. The molecule has 98 valence electrons. The van der Waals surface area contributed by atoms with Crippen molar-refractivity contribution in [1.82, 2.24) is 10.2 Å². The molecule has 0 radical (unpaired) electrons. The summed E-state index contributed by atoms with van der Waals surface area (Å²) in [5.41, 5.74) is 0. The van der Waals surface area contributed by atoms with Gasteiger partial charge >= 0.3 is 5.97 Å². The van der Waals surface area contributed by atoms with Crippen molar-refractivity contribution in [1.29, 1.82) is 0 Å². The predicted octanol–water partition coefficient (Wildman–Crippen LogP) is -0.214. The van der Waals surface area contributed by atoms with Crippen LogP contribution in [-0.4, -0.2) is 58.9 Å². The summed E-state index contributed by atoms with van der Waals surface area (Å²) in [7, 11) is 3.28. The van der Waals surface area contributed by atoms with E-state index in [1.54, 1.807) is 21.0 Å². The van der Waals surface area contributed by atoms with Gasteiger partial charge in [0.2, 0.25) is 11.8 Å². The molecule has 0 heterocycles. The van der Waals surface area contributed by atoms with Crippen LogP contribution in [0.1, 0.15) is 13.8 Å². The van der Waals surface area contributed by atoms with E-state index in [1.165, 1.54) is 23.6 Å². The number of amides is 2. The van der Waals surface area contributed by atoms with Crippen molar-refractivity contribution >= 4 is 29.5 Å². The van der Waals surface area contributed by atoms with Crippen LogP contribution in [0, 0.1) is 0 Å². The monoisotopic (exact) mass is 262 g/mol. The van der Waals surface area contributed by atoms with Crippen molar-refractivity contribution in [3.63, 3.8) is 0 Å². The highest BCUT2D eigenvalue weighted by Crippen LogP contribution is 2.13. The van der Waals surface area contributed by atoms with Crippen LogP contribution in [-0.2, 0) is 14.4 Å². The molecule has 0 aliphatic carbocycles. The van der Waals surface area contributed by atoms with Crippen molar-refractivity contribution in [3.05, 3.63) is 0 Å². The third-order valence-corrected chi connectivity index (χ3v) is 3.20. The van der Waals surface area contributed by atoms with Crippen LogP contribution >= 0.6 is 11.8 Å². The average Bonchev–Trinajstić information content (AvgIpc) is 2.21. The van der Waals surface area contributed by atoms with Crippen molar-refractivity contribution in [2.45, 2.75) is 25.1 Å². The molecule has 0 aromatic rings. The van der Waals surface area contributed by atoms with Crippen molar-refractivity contribution in [2.75, 3.05) is 19.8 Å². The quantitative estimate of drug-likeness (QED) is 0.691. The number of carboxylic acids is 1. The first-order chi connectivity index (χ1) is 7.75. The molecule has 2 N–H and O–H groups in total. The molecule has 0 saturated heterocycles. The molecule has 0 saturated carbocycles. The summed E-state index contributed by atoms with van der Waals surface area (Å²) in [6, 6.07) is -0.963. The summed E-state index contributed by atoms with van der Waals surface area (Å²) in [4.78, 5) is 34.6. The Kier molecular flexibility index (Phi) is 6.64. The van der Waals surface area contributed by atoms with E-state index >= 15 is 0 Å². The van der Waals surface area contributed by atoms with Crippen LogP contribution in [0.15, 0.2) is 0 Å². The second kappa shape index (κ2) is 7.16. The zero-order valence-corrected chi connectivity index (χ0v) is 11.2. The zero-order valence-electron chi connectivity index (χ0n) is 10.4. The highest BCUT2D eigenvalue weighted by atomic mass is 32.2. The summed E-state index contributed by atoms with van der Waals surface area (Å²) >= 11 is 1.20. The SMILES string of the molecule is CC(=O)N[C@@H](CSC(C)C(=O)N(C)C)C(=O)O. The lowest BCUT2D eigenvalue weighted by molar-refractivity contribution is -0.140. The highest BCUT2D eigenvalue weighted by molar-refractivity contribution is 8.00. The Morgan fingerprint density at radius 3 is 2.24 bits per heavy atom. The van der Waals surface area contributed by atoms with Gasteiger partial charge in [0.25, 0.3) is 0 Å². The van der Waals surface area contributed by atoms with Gasteiger partial charge in [-0.2, -0.15) is 0 Å². The Morgan fingerprint density at radius 2 is 1.88 bits per heavy atom. The molecule has 17 heavy (non-hydrogen) atoms. The fraction of sp³-hybridized carbons (Fsp3) is 0.700. The van der Waals surface area contributed by atoms with Crippen LogP contribution < -0.4 is 5.32 Å². The van der Waals surface area contributed by atoms with Gasteiger partial charge in [0, 0.05) is 26.8 Å². The number of thioether (sulfide) groups is 1. The van der Waals surface area contributed by atoms with Crippen LogP contribution in [0.4, 0.5) is 0 Å². The van der Waals surface area contributed by atoms with E-state index in [0.29, 0.717) is 0 Å². The molecule has 0 bridgehead atoms. The molecule has 2 amide bonds. The molecule has 0 aromatic carbocycles. The highest BCUT2D eigenvalue weighted by Gasteiger charge is 2.22. The van der Waals surface area contributed by atoms with Crippen molar-refractivity contribution in [2.24, 2.45) is 0 Å². The minimum atomic E-state index is -1.10. The van der Waals surface area contributed by atoms with E-state index < -0.39 is 17.9 Å². The lowest BCUT2D eigenvalue weighted by Crippen LogP contribution is -2.42. The van der Waals surface area contributed by atoms with Gasteiger partial charge in [-0.3, -0.25) is 9.59 Å². The third kappa shape index (κ3) is 6.15. The third-order valence-electron chi connectivity index (χ3n) is 1.98. The Labute approximate surface area is 105 Å². The molecule has 0 spiro atoms. The summed E-state index contributed by atoms with van der Waals surface area (Å²) in [6.45, 7) is 2.97. The maximum Gasteiger partial charge on any atom is 0.327 e. The Balaban J connectivity index is 4.26. The standard InChI is InChI=1S/C10H18N2O4S/c1-6(9(14)12(3)4)17-5-8(10(15)16)11-7(2)13/h6,8H,5H2,1-4H3,(H,11,13)(H,15,16)/t6?,8-/m0/s1. The second-order valence-electron chi connectivity index (χ2n) is 3.80. The average molecular weight is 262 g/mol. The van der Waals surface area contributed by atoms with Gasteiger partial charge in [0.1, 0.15) is 6.04 Å². The topological polar surface area (TPSA) is 86.7 Å².